The van der Waals surface area contributed by atoms with Crippen LogP contribution in [0.5, 0.6) is 11.5 Å². The van der Waals surface area contributed by atoms with E-state index in [-0.39, 0.29) is 6.03 Å². The highest BCUT2D eigenvalue weighted by molar-refractivity contribution is 5.91. The van der Waals surface area contributed by atoms with Gasteiger partial charge in [0.25, 0.3) is 0 Å². The maximum absolute atomic E-state index is 12.9. The fourth-order valence-electron chi connectivity index (χ4n) is 2.76. The van der Waals surface area contributed by atoms with Crippen LogP contribution in [-0.4, -0.2) is 45.4 Å². The number of hydrogen-bond acceptors (Lipinski definition) is 4. The number of rotatable bonds is 9. The van der Waals surface area contributed by atoms with Crippen molar-refractivity contribution in [2.45, 2.75) is 19.9 Å². The molecule has 0 heterocycles. The predicted octanol–water partition coefficient (Wildman–Crippen LogP) is 4.08. The average Bonchev–Trinajstić information content (AvgIpc) is 2.67. The van der Waals surface area contributed by atoms with Crippen LogP contribution in [0.15, 0.2) is 42.5 Å². The Morgan fingerprint density at radius 3 is 2.59 bits per heavy atom. The normalized spacial score (nSPS) is 10.4. The Hall–Kier alpha value is -2.73. The van der Waals surface area contributed by atoms with Crippen LogP contribution >= 0.6 is 0 Å². The largest absolute Gasteiger partial charge is 0.497 e. The number of amides is 2. The molecule has 0 saturated carbocycles. The second-order valence-electron chi connectivity index (χ2n) is 6.25. The quantitative estimate of drug-likeness (QED) is 0.674. The van der Waals surface area contributed by atoms with Gasteiger partial charge in [-0.3, -0.25) is 0 Å². The van der Waals surface area contributed by atoms with Crippen molar-refractivity contribution in [3.05, 3.63) is 53.6 Å². The maximum atomic E-state index is 12.9. The summed E-state index contributed by atoms with van der Waals surface area (Å²) in [6, 6.07) is 13.2. The minimum absolute atomic E-state index is 0.183. The molecule has 0 unspecified atom stereocenters. The van der Waals surface area contributed by atoms with Crippen LogP contribution in [-0.2, 0) is 11.3 Å². The molecule has 0 aliphatic carbocycles. The minimum Gasteiger partial charge on any atom is -0.497 e. The Kier molecular flexibility index (Phi) is 7.95. The van der Waals surface area contributed by atoms with Crippen molar-refractivity contribution >= 4 is 11.7 Å². The lowest BCUT2D eigenvalue weighted by Gasteiger charge is -2.24. The van der Waals surface area contributed by atoms with E-state index in [9.17, 15) is 4.79 Å². The molecule has 6 nitrogen and oxygen atoms in total. The molecule has 0 spiro atoms. The van der Waals surface area contributed by atoms with Gasteiger partial charge in [-0.05, 0) is 48.7 Å². The Balaban J connectivity index is 2.16. The van der Waals surface area contributed by atoms with Crippen molar-refractivity contribution in [1.82, 2.24) is 4.90 Å². The van der Waals surface area contributed by atoms with Crippen LogP contribution in [0, 0.1) is 6.92 Å². The first-order valence-corrected chi connectivity index (χ1v) is 8.89. The zero-order chi connectivity index (χ0) is 19.6. The van der Waals surface area contributed by atoms with Gasteiger partial charge in [0.2, 0.25) is 0 Å². The summed E-state index contributed by atoms with van der Waals surface area (Å²) < 4.78 is 15.8. The summed E-state index contributed by atoms with van der Waals surface area (Å²) in [7, 11) is 4.88. The molecule has 2 amide bonds. The standard InChI is InChI=1S/C21H28N2O4/c1-16-9-10-20(27-4)19(13-16)22-21(24)23(11-6-12-25-2)15-17-7-5-8-18(14-17)26-3/h5,7-10,13-14H,6,11-12,15H2,1-4H3,(H,22,24). The molecular weight excluding hydrogens is 344 g/mol. The lowest BCUT2D eigenvalue weighted by atomic mass is 10.2. The number of methoxy groups -OCH3 is 3. The number of aryl methyl sites for hydroxylation is 1. The first-order chi connectivity index (χ1) is 13.1. The molecule has 0 saturated heterocycles. The summed E-state index contributed by atoms with van der Waals surface area (Å²) in [4.78, 5) is 14.7. The number of carbonyl (C=O) groups is 1. The van der Waals surface area contributed by atoms with E-state index in [1.807, 2.05) is 49.4 Å². The molecule has 0 aromatic heterocycles. The van der Waals surface area contributed by atoms with Gasteiger partial charge in [0.1, 0.15) is 11.5 Å². The van der Waals surface area contributed by atoms with E-state index < -0.39 is 0 Å². The molecule has 2 aromatic rings. The van der Waals surface area contributed by atoms with E-state index in [2.05, 4.69) is 5.32 Å². The summed E-state index contributed by atoms with van der Waals surface area (Å²) >= 11 is 0. The number of anilines is 1. The van der Waals surface area contributed by atoms with Crippen LogP contribution < -0.4 is 14.8 Å². The molecule has 0 aliphatic heterocycles. The van der Waals surface area contributed by atoms with Crippen molar-refractivity contribution in [1.29, 1.82) is 0 Å². The molecule has 0 aliphatic rings. The zero-order valence-corrected chi connectivity index (χ0v) is 16.5. The third kappa shape index (κ3) is 6.18. The van der Waals surface area contributed by atoms with Crippen LogP contribution in [0.2, 0.25) is 0 Å². The topological polar surface area (TPSA) is 60.0 Å². The second kappa shape index (κ2) is 10.4. The lowest BCUT2D eigenvalue weighted by molar-refractivity contribution is 0.171. The molecule has 146 valence electrons. The molecule has 0 radical (unpaired) electrons. The maximum Gasteiger partial charge on any atom is 0.322 e. The monoisotopic (exact) mass is 372 g/mol. The van der Waals surface area contributed by atoms with Gasteiger partial charge in [0.05, 0.1) is 19.9 Å². The van der Waals surface area contributed by atoms with Crippen LogP contribution in [0.25, 0.3) is 0 Å². The van der Waals surface area contributed by atoms with Crippen LogP contribution in [0.1, 0.15) is 17.5 Å². The number of ether oxygens (including phenoxy) is 3. The van der Waals surface area contributed by atoms with Crippen molar-refractivity contribution in [3.63, 3.8) is 0 Å². The fraction of sp³-hybridized carbons (Fsp3) is 0.381. The Morgan fingerprint density at radius 2 is 1.89 bits per heavy atom. The molecule has 27 heavy (non-hydrogen) atoms. The van der Waals surface area contributed by atoms with E-state index >= 15 is 0 Å². The van der Waals surface area contributed by atoms with Crippen LogP contribution in [0.4, 0.5) is 10.5 Å². The summed E-state index contributed by atoms with van der Waals surface area (Å²) in [5, 5.41) is 2.97. The predicted molar refractivity (Wildman–Crippen MR) is 107 cm³/mol. The summed E-state index contributed by atoms with van der Waals surface area (Å²) in [6.45, 7) is 3.61. The minimum atomic E-state index is -0.183. The molecule has 0 atom stereocenters. The Bertz CT molecular complexity index is 749. The number of hydrogen-bond donors (Lipinski definition) is 1. The highest BCUT2D eigenvalue weighted by atomic mass is 16.5. The van der Waals surface area contributed by atoms with E-state index in [0.717, 1.165) is 23.3 Å². The zero-order valence-electron chi connectivity index (χ0n) is 16.5. The van der Waals surface area contributed by atoms with Crippen molar-refractivity contribution in [2.75, 3.05) is 39.8 Å². The average molecular weight is 372 g/mol. The first kappa shape index (κ1) is 20.6. The molecule has 1 N–H and O–H groups in total. The van der Waals surface area contributed by atoms with Gasteiger partial charge in [-0.2, -0.15) is 0 Å². The second-order valence-corrected chi connectivity index (χ2v) is 6.25. The number of nitrogens with zero attached hydrogens (tertiary/aromatic N) is 1. The number of carbonyl (C=O) groups excluding carboxylic acids is 1. The molecule has 6 heteroatoms. The number of benzene rings is 2. The molecule has 0 bridgehead atoms. The van der Waals surface area contributed by atoms with E-state index in [1.165, 1.54) is 0 Å². The Morgan fingerprint density at radius 1 is 1.07 bits per heavy atom. The lowest BCUT2D eigenvalue weighted by Crippen LogP contribution is -2.35. The van der Waals surface area contributed by atoms with E-state index in [4.69, 9.17) is 14.2 Å². The highest BCUT2D eigenvalue weighted by Gasteiger charge is 2.16. The SMILES string of the molecule is COCCCN(Cc1cccc(OC)c1)C(=O)Nc1cc(C)ccc1OC. The number of urea groups is 1. The van der Waals surface area contributed by atoms with Gasteiger partial charge < -0.3 is 24.4 Å². The third-order valence-electron chi connectivity index (χ3n) is 4.17. The third-order valence-corrected chi connectivity index (χ3v) is 4.17. The van der Waals surface area contributed by atoms with Gasteiger partial charge in [-0.1, -0.05) is 18.2 Å². The van der Waals surface area contributed by atoms with Crippen molar-refractivity contribution in [2.24, 2.45) is 0 Å². The van der Waals surface area contributed by atoms with Gasteiger partial charge in [0, 0.05) is 26.8 Å². The van der Waals surface area contributed by atoms with Crippen molar-refractivity contribution < 1.29 is 19.0 Å². The molecular formula is C21H28N2O4. The smallest absolute Gasteiger partial charge is 0.322 e. The Labute approximate surface area is 161 Å². The summed E-state index contributed by atoms with van der Waals surface area (Å²) in [5.74, 6) is 1.40. The van der Waals surface area contributed by atoms with Crippen molar-refractivity contribution in [3.8, 4) is 11.5 Å². The molecule has 0 fully saturated rings. The van der Waals surface area contributed by atoms with Gasteiger partial charge >= 0.3 is 6.03 Å². The molecule has 2 aromatic carbocycles. The first-order valence-electron chi connectivity index (χ1n) is 8.89. The molecule has 2 rings (SSSR count). The van der Waals surface area contributed by atoms with Gasteiger partial charge in [-0.15, -0.1) is 0 Å². The summed E-state index contributed by atoms with van der Waals surface area (Å²) in [5.41, 5.74) is 2.70. The number of nitrogens with one attached hydrogen (secondary N) is 1. The van der Waals surface area contributed by atoms with E-state index in [1.54, 1.807) is 26.2 Å². The van der Waals surface area contributed by atoms with Crippen LogP contribution in [0.3, 0.4) is 0 Å². The fourth-order valence-corrected chi connectivity index (χ4v) is 2.76. The van der Waals surface area contributed by atoms with Gasteiger partial charge in [-0.25, -0.2) is 4.79 Å². The van der Waals surface area contributed by atoms with Gasteiger partial charge in [0.15, 0.2) is 0 Å². The highest BCUT2D eigenvalue weighted by Crippen LogP contribution is 2.26. The van der Waals surface area contributed by atoms with E-state index in [0.29, 0.717) is 31.1 Å². The summed E-state index contributed by atoms with van der Waals surface area (Å²) in [6.07, 6.45) is 0.749.